The minimum atomic E-state index is -5.96. The molecule has 0 aromatic rings. The molecular formula is C17H26F6O3. The van der Waals surface area contributed by atoms with Gasteiger partial charge in [-0.15, -0.1) is 0 Å². The molecule has 0 amide bonds. The van der Waals surface area contributed by atoms with Crippen LogP contribution in [0.25, 0.3) is 0 Å². The highest BCUT2D eigenvalue weighted by Gasteiger charge is 2.71. The van der Waals surface area contributed by atoms with Crippen LogP contribution >= 0.6 is 0 Å². The van der Waals surface area contributed by atoms with Gasteiger partial charge in [0.1, 0.15) is 6.61 Å². The summed E-state index contributed by atoms with van der Waals surface area (Å²) in [6.07, 6.45) is -10.3. The van der Waals surface area contributed by atoms with Gasteiger partial charge in [0.25, 0.3) is 5.60 Å². The lowest BCUT2D eigenvalue weighted by Crippen LogP contribution is -2.58. The second-order valence-corrected chi connectivity index (χ2v) is 5.11. The number of esters is 1. The summed E-state index contributed by atoms with van der Waals surface area (Å²) < 4.78 is 82.6. The lowest BCUT2D eigenvalue weighted by Gasteiger charge is -2.33. The second-order valence-electron chi connectivity index (χ2n) is 5.11. The van der Waals surface area contributed by atoms with Gasteiger partial charge < -0.3 is 9.84 Å². The van der Waals surface area contributed by atoms with Gasteiger partial charge >= 0.3 is 18.3 Å². The first-order valence-corrected chi connectivity index (χ1v) is 8.20. The van der Waals surface area contributed by atoms with E-state index in [2.05, 4.69) is 4.74 Å². The highest BCUT2D eigenvalue weighted by atomic mass is 19.4. The van der Waals surface area contributed by atoms with Gasteiger partial charge in [-0.2, -0.15) is 26.3 Å². The molecule has 0 rings (SSSR count). The predicted octanol–water partition coefficient (Wildman–Crippen LogP) is 5.49. The van der Waals surface area contributed by atoms with Gasteiger partial charge in [-0.3, -0.25) is 4.79 Å². The van der Waals surface area contributed by atoms with Gasteiger partial charge in [-0.25, -0.2) is 0 Å². The van der Waals surface area contributed by atoms with Crippen molar-refractivity contribution >= 4 is 5.97 Å². The third-order valence-electron chi connectivity index (χ3n) is 3.05. The molecule has 0 aliphatic rings. The minimum absolute atomic E-state index is 0.0410. The molecule has 0 saturated heterocycles. The quantitative estimate of drug-likeness (QED) is 0.354. The van der Waals surface area contributed by atoms with Crippen LogP contribution in [0.4, 0.5) is 26.3 Å². The molecule has 0 saturated carbocycles. The Kier molecular flexibility index (Phi) is 11.6. The number of carbonyl (C=O) groups is 1. The van der Waals surface area contributed by atoms with Crippen molar-refractivity contribution in [1.29, 1.82) is 0 Å². The van der Waals surface area contributed by atoms with Gasteiger partial charge in [0.2, 0.25) is 0 Å². The van der Waals surface area contributed by atoms with E-state index in [1.54, 1.807) is 6.92 Å². The topological polar surface area (TPSA) is 46.5 Å². The molecule has 0 aromatic carbocycles. The van der Waals surface area contributed by atoms with Crippen LogP contribution in [0, 0.1) is 0 Å². The van der Waals surface area contributed by atoms with E-state index in [0.29, 0.717) is 18.6 Å². The van der Waals surface area contributed by atoms with Crippen molar-refractivity contribution in [2.45, 2.75) is 71.8 Å². The lowest BCUT2D eigenvalue weighted by molar-refractivity contribution is -0.351. The molecule has 0 atom stereocenters. The molecule has 0 spiro atoms. The van der Waals surface area contributed by atoms with Crippen molar-refractivity contribution in [1.82, 2.24) is 0 Å². The summed E-state index contributed by atoms with van der Waals surface area (Å²) in [7, 11) is 0. The average molecular weight is 392 g/mol. The maximum atomic E-state index is 13.0. The van der Waals surface area contributed by atoms with Gasteiger partial charge in [0, 0.05) is 6.92 Å². The van der Waals surface area contributed by atoms with E-state index in [-0.39, 0.29) is 18.4 Å². The molecule has 0 aliphatic heterocycles. The zero-order valence-electron chi connectivity index (χ0n) is 15.5. The van der Waals surface area contributed by atoms with E-state index >= 15 is 0 Å². The fourth-order valence-corrected chi connectivity index (χ4v) is 1.94. The number of hydrogen-bond donors (Lipinski definition) is 1. The highest BCUT2D eigenvalue weighted by molar-refractivity contribution is 5.66. The van der Waals surface area contributed by atoms with Crippen molar-refractivity contribution in [3.8, 4) is 0 Å². The summed E-state index contributed by atoms with van der Waals surface area (Å²) in [5.41, 5.74) is -6.29. The van der Waals surface area contributed by atoms with Crippen LogP contribution in [0.3, 0.4) is 0 Å². The first kappa shape index (κ1) is 26.7. The maximum Gasteiger partial charge on any atom is 0.430 e. The summed E-state index contributed by atoms with van der Waals surface area (Å²) in [6.45, 7) is 7.61. The zero-order valence-corrected chi connectivity index (χ0v) is 15.5. The molecule has 0 heterocycles. The van der Waals surface area contributed by atoms with Gasteiger partial charge in [0.05, 0.1) is 0 Å². The van der Waals surface area contributed by atoms with Gasteiger partial charge in [0.15, 0.2) is 0 Å². The molecule has 0 aliphatic carbocycles. The van der Waals surface area contributed by atoms with Gasteiger partial charge in [-0.1, -0.05) is 46.3 Å². The molecule has 1 N–H and O–H groups in total. The normalized spacial score (nSPS) is 13.8. The molecule has 26 heavy (non-hydrogen) atoms. The number of carbonyl (C=O) groups excluding carboxylic acids is 1. The van der Waals surface area contributed by atoms with Crippen LogP contribution in [-0.2, 0) is 9.53 Å². The number of rotatable bonds is 7. The summed E-state index contributed by atoms with van der Waals surface area (Å²) in [4.78, 5) is 10.8. The summed E-state index contributed by atoms with van der Waals surface area (Å²) in [5, 5.41) is 9.50. The summed E-state index contributed by atoms with van der Waals surface area (Å²) in [5.74, 6) is -0.722. The van der Waals surface area contributed by atoms with Crippen molar-refractivity contribution in [2.75, 3.05) is 6.61 Å². The molecule has 9 heteroatoms. The van der Waals surface area contributed by atoms with Crippen LogP contribution in [0.1, 0.15) is 53.9 Å². The third-order valence-corrected chi connectivity index (χ3v) is 3.05. The zero-order chi connectivity index (χ0) is 21.2. The molecule has 0 fully saturated rings. The van der Waals surface area contributed by atoms with E-state index in [1.165, 1.54) is 6.92 Å². The SMILES string of the molecule is CC.CC/C=C(\C=C(\CCC)COC(C)=O)C(O)(C(F)(F)F)C(F)(F)F. The monoisotopic (exact) mass is 392 g/mol. The van der Waals surface area contributed by atoms with Crippen LogP contribution < -0.4 is 0 Å². The van der Waals surface area contributed by atoms with Gasteiger partial charge in [-0.05, 0) is 24.0 Å². The van der Waals surface area contributed by atoms with E-state index < -0.39 is 36.1 Å². The minimum Gasteiger partial charge on any atom is -0.461 e. The Morgan fingerprint density at radius 3 is 1.81 bits per heavy atom. The Labute approximate surface area is 149 Å². The Balaban J connectivity index is 0. The van der Waals surface area contributed by atoms with E-state index in [0.717, 1.165) is 6.92 Å². The Morgan fingerprint density at radius 2 is 1.50 bits per heavy atom. The van der Waals surface area contributed by atoms with Crippen LogP contribution in [0.2, 0.25) is 0 Å². The number of allylic oxidation sites excluding steroid dienone is 1. The van der Waals surface area contributed by atoms with Crippen LogP contribution in [-0.4, -0.2) is 35.6 Å². The molecule has 0 unspecified atom stereocenters. The Bertz CT molecular complexity index is 476. The maximum absolute atomic E-state index is 13.0. The van der Waals surface area contributed by atoms with Crippen molar-refractivity contribution in [2.24, 2.45) is 0 Å². The summed E-state index contributed by atoms with van der Waals surface area (Å²) in [6, 6.07) is 0. The first-order valence-electron chi connectivity index (χ1n) is 8.20. The molecule has 0 radical (unpaired) electrons. The van der Waals surface area contributed by atoms with Crippen molar-refractivity contribution in [3.05, 3.63) is 23.3 Å². The number of ether oxygens (including phenoxy) is 1. The Morgan fingerprint density at radius 1 is 1.04 bits per heavy atom. The predicted molar refractivity (Wildman–Crippen MR) is 86.4 cm³/mol. The van der Waals surface area contributed by atoms with E-state index in [9.17, 15) is 36.2 Å². The number of alkyl halides is 6. The molecule has 154 valence electrons. The number of aliphatic hydroxyl groups is 1. The van der Waals surface area contributed by atoms with Crippen molar-refractivity contribution < 1.29 is 41.0 Å². The molecule has 3 nitrogen and oxygen atoms in total. The number of halogens is 6. The van der Waals surface area contributed by atoms with Crippen LogP contribution in [0.5, 0.6) is 0 Å². The first-order chi connectivity index (χ1) is 11.8. The van der Waals surface area contributed by atoms with E-state index in [1.807, 2.05) is 13.8 Å². The van der Waals surface area contributed by atoms with E-state index in [4.69, 9.17) is 0 Å². The summed E-state index contributed by atoms with van der Waals surface area (Å²) >= 11 is 0. The molecular weight excluding hydrogens is 366 g/mol. The Hall–Kier alpha value is -1.51. The second kappa shape index (κ2) is 11.3. The smallest absolute Gasteiger partial charge is 0.430 e. The lowest BCUT2D eigenvalue weighted by atomic mass is 9.89. The molecule has 0 bridgehead atoms. The van der Waals surface area contributed by atoms with Crippen molar-refractivity contribution in [3.63, 3.8) is 0 Å². The fourth-order valence-electron chi connectivity index (χ4n) is 1.94. The standard InChI is InChI=1S/C15H20F6O3.C2H6/c1-4-6-11(9-24-10(3)22)8-12(7-5-2)13(23,14(16,17)18)15(19,20)21;1-2/h7-8,23H,4-6,9H2,1-3H3;1-2H3/b11-8-,12-7+;. The highest BCUT2D eigenvalue weighted by Crippen LogP contribution is 2.48. The van der Waals surface area contributed by atoms with Crippen LogP contribution in [0.15, 0.2) is 23.3 Å². The third kappa shape index (κ3) is 7.39. The largest absolute Gasteiger partial charge is 0.461 e. The fraction of sp³-hybridized carbons (Fsp3) is 0.706. The molecule has 0 aromatic heterocycles. The average Bonchev–Trinajstić information content (AvgIpc) is 2.51. The number of hydrogen-bond acceptors (Lipinski definition) is 3.